The van der Waals surface area contributed by atoms with E-state index in [1.54, 1.807) is 17.0 Å². The van der Waals surface area contributed by atoms with Gasteiger partial charge >= 0.3 is 0 Å². The third kappa shape index (κ3) is 3.07. The van der Waals surface area contributed by atoms with Crippen LogP contribution in [0, 0.1) is 6.92 Å². The molecule has 4 nitrogen and oxygen atoms in total. The Balaban J connectivity index is 1.89. The third-order valence-corrected chi connectivity index (χ3v) is 5.24. The first-order valence-corrected chi connectivity index (χ1v) is 9.20. The summed E-state index contributed by atoms with van der Waals surface area (Å²) in [5.41, 5.74) is 3.11. The number of carbonyl (C=O) groups is 1. The molecule has 128 valence electrons. The molecule has 2 aromatic heterocycles. The molecule has 0 bridgehead atoms. The van der Waals surface area contributed by atoms with E-state index < -0.39 is 0 Å². The Morgan fingerprint density at radius 1 is 1.08 bits per heavy atom. The maximum absolute atomic E-state index is 13.3. The monoisotopic (exact) mass is 379 g/mol. The SMILES string of the molecule is Cc1ccccc1N(C(=O)c1ccnc(Cl)c1)c1nc2ccccc2s1. The van der Waals surface area contributed by atoms with Crippen molar-refractivity contribution in [2.45, 2.75) is 6.92 Å². The van der Waals surface area contributed by atoms with Crippen LogP contribution >= 0.6 is 22.9 Å². The second kappa shape index (κ2) is 6.86. The first kappa shape index (κ1) is 16.7. The number of aromatic nitrogens is 2. The zero-order valence-electron chi connectivity index (χ0n) is 13.9. The van der Waals surface area contributed by atoms with Crippen LogP contribution in [0.25, 0.3) is 10.2 Å². The van der Waals surface area contributed by atoms with Crippen LogP contribution < -0.4 is 4.90 Å². The molecule has 0 N–H and O–H groups in total. The summed E-state index contributed by atoms with van der Waals surface area (Å²) in [6, 6.07) is 18.8. The van der Waals surface area contributed by atoms with E-state index in [2.05, 4.69) is 9.97 Å². The minimum atomic E-state index is -0.192. The van der Waals surface area contributed by atoms with Crippen molar-refractivity contribution in [3.8, 4) is 0 Å². The van der Waals surface area contributed by atoms with Crippen LogP contribution in [0.2, 0.25) is 5.15 Å². The van der Waals surface area contributed by atoms with Gasteiger partial charge in [0.1, 0.15) is 5.15 Å². The van der Waals surface area contributed by atoms with Gasteiger partial charge in [-0.05, 0) is 42.8 Å². The van der Waals surface area contributed by atoms with Gasteiger partial charge in [0, 0.05) is 11.8 Å². The summed E-state index contributed by atoms with van der Waals surface area (Å²) in [6.45, 7) is 1.97. The molecule has 0 spiro atoms. The lowest BCUT2D eigenvalue weighted by Crippen LogP contribution is -2.26. The molecular formula is C20H14ClN3OS. The highest BCUT2D eigenvalue weighted by Crippen LogP contribution is 2.36. The number of fused-ring (bicyclic) bond motifs is 1. The number of thiazole rings is 1. The smallest absolute Gasteiger partial charge is 0.264 e. The minimum Gasteiger partial charge on any atom is -0.268 e. The fraction of sp³-hybridized carbons (Fsp3) is 0.0500. The number of benzene rings is 2. The largest absolute Gasteiger partial charge is 0.268 e. The van der Waals surface area contributed by atoms with Crippen molar-refractivity contribution in [3.05, 3.63) is 83.1 Å². The number of nitrogens with zero attached hydrogens (tertiary/aromatic N) is 3. The van der Waals surface area contributed by atoms with Gasteiger partial charge in [-0.3, -0.25) is 9.69 Å². The topological polar surface area (TPSA) is 46.1 Å². The highest BCUT2D eigenvalue weighted by molar-refractivity contribution is 7.22. The molecule has 0 radical (unpaired) electrons. The molecule has 1 amide bonds. The molecular weight excluding hydrogens is 366 g/mol. The van der Waals surface area contributed by atoms with Crippen LogP contribution in [-0.4, -0.2) is 15.9 Å². The number of anilines is 2. The van der Waals surface area contributed by atoms with Gasteiger partial charge in [0.25, 0.3) is 5.91 Å². The van der Waals surface area contributed by atoms with Crippen LogP contribution in [0.4, 0.5) is 10.8 Å². The summed E-state index contributed by atoms with van der Waals surface area (Å²) in [5.74, 6) is -0.192. The van der Waals surface area contributed by atoms with Crippen molar-refractivity contribution in [1.82, 2.24) is 9.97 Å². The zero-order valence-corrected chi connectivity index (χ0v) is 15.5. The van der Waals surface area contributed by atoms with Gasteiger partial charge in [-0.1, -0.05) is 53.3 Å². The fourth-order valence-electron chi connectivity index (χ4n) is 2.73. The number of hydrogen-bond donors (Lipinski definition) is 0. The summed E-state index contributed by atoms with van der Waals surface area (Å²) in [5, 5.41) is 0.906. The van der Waals surface area contributed by atoms with E-state index in [0.717, 1.165) is 21.5 Å². The van der Waals surface area contributed by atoms with Crippen molar-refractivity contribution in [2.75, 3.05) is 4.90 Å². The molecule has 0 atom stereocenters. The van der Waals surface area contributed by atoms with Crippen LogP contribution in [-0.2, 0) is 0 Å². The maximum Gasteiger partial charge on any atom is 0.264 e. The van der Waals surface area contributed by atoms with E-state index >= 15 is 0 Å². The van der Waals surface area contributed by atoms with Gasteiger partial charge in [-0.25, -0.2) is 9.97 Å². The number of aryl methyl sites for hydroxylation is 1. The zero-order chi connectivity index (χ0) is 18.1. The Bertz CT molecular complexity index is 1080. The molecule has 2 heterocycles. The summed E-state index contributed by atoms with van der Waals surface area (Å²) < 4.78 is 1.03. The lowest BCUT2D eigenvalue weighted by atomic mass is 10.1. The van der Waals surface area contributed by atoms with E-state index in [0.29, 0.717) is 10.7 Å². The maximum atomic E-state index is 13.3. The van der Waals surface area contributed by atoms with Gasteiger partial charge in [0.05, 0.1) is 15.9 Å². The lowest BCUT2D eigenvalue weighted by molar-refractivity contribution is 0.0999. The van der Waals surface area contributed by atoms with Crippen molar-refractivity contribution < 1.29 is 4.79 Å². The summed E-state index contributed by atoms with van der Waals surface area (Å²) in [6.07, 6.45) is 1.53. The molecule has 0 saturated heterocycles. The number of pyridine rings is 1. The molecule has 4 rings (SSSR count). The molecule has 0 aliphatic rings. The fourth-order valence-corrected chi connectivity index (χ4v) is 3.89. The van der Waals surface area contributed by atoms with Crippen LogP contribution in [0.15, 0.2) is 66.9 Å². The van der Waals surface area contributed by atoms with E-state index in [1.165, 1.54) is 17.5 Å². The summed E-state index contributed by atoms with van der Waals surface area (Å²) in [4.78, 5) is 23.6. The van der Waals surface area contributed by atoms with Gasteiger partial charge in [-0.15, -0.1) is 0 Å². The number of para-hydroxylation sites is 2. The molecule has 0 aliphatic heterocycles. The predicted octanol–water partition coefficient (Wildman–Crippen LogP) is 5.63. The number of hydrogen-bond acceptors (Lipinski definition) is 4. The molecule has 2 aromatic carbocycles. The molecule has 0 saturated carbocycles. The van der Waals surface area contributed by atoms with E-state index in [1.807, 2.05) is 55.5 Å². The molecule has 0 aliphatic carbocycles. The van der Waals surface area contributed by atoms with E-state index in [9.17, 15) is 4.79 Å². The lowest BCUT2D eigenvalue weighted by Gasteiger charge is -2.22. The van der Waals surface area contributed by atoms with Crippen LogP contribution in [0.5, 0.6) is 0 Å². The average molecular weight is 380 g/mol. The van der Waals surface area contributed by atoms with E-state index in [4.69, 9.17) is 11.6 Å². The van der Waals surface area contributed by atoms with Gasteiger partial charge in [-0.2, -0.15) is 0 Å². The second-order valence-electron chi connectivity index (χ2n) is 5.76. The Hall–Kier alpha value is -2.76. The van der Waals surface area contributed by atoms with E-state index in [-0.39, 0.29) is 11.1 Å². The summed E-state index contributed by atoms with van der Waals surface area (Å²) >= 11 is 7.47. The standard InChI is InChI=1S/C20H14ClN3OS/c1-13-6-2-4-8-16(13)24(19(25)14-10-11-22-18(21)12-14)20-23-15-7-3-5-9-17(15)26-20/h2-12H,1H3. The Morgan fingerprint density at radius 2 is 1.85 bits per heavy atom. The Labute approximate surface area is 159 Å². The molecule has 4 aromatic rings. The molecule has 6 heteroatoms. The first-order valence-electron chi connectivity index (χ1n) is 8.01. The Kier molecular flexibility index (Phi) is 4.41. The number of rotatable bonds is 3. The predicted molar refractivity (Wildman–Crippen MR) is 107 cm³/mol. The van der Waals surface area contributed by atoms with Gasteiger partial charge in [0.2, 0.25) is 0 Å². The minimum absolute atomic E-state index is 0.192. The number of halogens is 1. The molecule has 0 unspecified atom stereocenters. The number of carbonyl (C=O) groups excluding carboxylic acids is 1. The Morgan fingerprint density at radius 3 is 2.62 bits per heavy atom. The number of amides is 1. The van der Waals surface area contributed by atoms with Crippen LogP contribution in [0.1, 0.15) is 15.9 Å². The second-order valence-corrected chi connectivity index (χ2v) is 7.15. The van der Waals surface area contributed by atoms with Crippen molar-refractivity contribution >= 4 is 49.9 Å². The molecule has 0 fully saturated rings. The third-order valence-electron chi connectivity index (χ3n) is 4.01. The van der Waals surface area contributed by atoms with Gasteiger partial charge in [0.15, 0.2) is 5.13 Å². The first-order chi connectivity index (χ1) is 12.6. The van der Waals surface area contributed by atoms with Crippen molar-refractivity contribution in [1.29, 1.82) is 0 Å². The van der Waals surface area contributed by atoms with Gasteiger partial charge < -0.3 is 0 Å². The molecule has 26 heavy (non-hydrogen) atoms. The normalized spacial score (nSPS) is 10.8. The highest BCUT2D eigenvalue weighted by Gasteiger charge is 2.24. The summed E-state index contributed by atoms with van der Waals surface area (Å²) in [7, 11) is 0. The highest BCUT2D eigenvalue weighted by atomic mass is 35.5. The quantitative estimate of drug-likeness (QED) is 0.433. The average Bonchev–Trinajstić information content (AvgIpc) is 3.07. The van der Waals surface area contributed by atoms with Crippen molar-refractivity contribution in [2.24, 2.45) is 0 Å². The van der Waals surface area contributed by atoms with Crippen molar-refractivity contribution in [3.63, 3.8) is 0 Å². The van der Waals surface area contributed by atoms with Crippen LogP contribution in [0.3, 0.4) is 0 Å².